The summed E-state index contributed by atoms with van der Waals surface area (Å²) in [6.07, 6.45) is 2.15. The molecule has 78 valence electrons. The average Bonchev–Trinajstić information content (AvgIpc) is 2.18. The number of nitro groups is 1. The SMILES string of the molecule is CC(=O)C(=O)Cc1ccncc1[N+](=O)[O-]. The van der Waals surface area contributed by atoms with E-state index in [4.69, 9.17) is 0 Å². The number of carbonyl (C=O) groups is 2. The van der Waals surface area contributed by atoms with E-state index in [1.165, 1.54) is 12.3 Å². The van der Waals surface area contributed by atoms with Crippen LogP contribution in [0.3, 0.4) is 0 Å². The van der Waals surface area contributed by atoms with Gasteiger partial charge in [-0.2, -0.15) is 0 Å². The Kier molecular flexibility index (Phi) is 3.22. The fourth-order valence-electron chi connectivity index (χ4n) is 1.03. The molecule has 6 nitrogen and oxygen atoms in total. The third-order valence-electron chi connectivity index (χ3n) is 1.83. The Hall–Kier alpha value is -2.11. The van der Waals surface area contributed by atoms with Gasteiger partial charge in [-0.15, -0.1) is 0 Å². The van der Waals surface area contributed by atoms with Crippen LogP contribution in [0.2, 0.25) is 0 Å². The van der Waals surface area contributed by atoms with Crippen molar-refractivity contribution >= 4 is 17.3 Å². The molecule has 0 radical (unpaired) electrons. The molecule has 0 amide bonds. The highest BCUT2D eigenvalue weighted by Crippen LogP contribution is 2.16. The molecule has 0 bridgehead atoms. The van der Waals surface area contributed by atoms with Crippen LogP contribution in [0.4, 0.5) is 5.69 Å². The molecule has 0 aliphatic rings. The fourth-order valence-corrected chi connectivity index (χ4v) is 1.03. The number of pyridine rings is 1. The first-order chi connectivity index (χ1) is 7.02. The van der Waals surface area contributed by atoms with Crippen molar-refractivity contribution in [1.82, 2.24) is 4.98 Å². The molecule has 0 saturated heterocycles. The molecule has 1 aromatic rings. The summed E-state index contributed by atoms with van der Waals surface area (Å²) in [4.78, 5) is 35.3. The number of carbonyl (C=O) groups excluding carboxylic acids is 2. The van der Waals surface area contributed by atoms with E-state index < -0.39 is 16.5 Å². The lowest BCUT2D eigenvalue weighted by atomic mass is 10.1. The molecule has 0 atom stereocenters. The monoisotopic (exact) mass is 208 g/mol. The van der Waals surface area contributed by atoms with Gasteiger partial charge in [0.2, 0.25) is 5.78 Å². The predicted molar refractivity (Wildman–Crippen MR) is 50.3 cm³/mol. The summed E-state index contributed by atoms with van der Waals surface area (Å²) in [5.74, 6) is -1.26. The van der Waals surface area contributed by atoms with Crippen LogP contribution in [0.5, 0.6) is 0 Å². The number of nitrogens with zero attached hydrogens (tertiary/aromatic N) is 2. The topological polar surface area (TPSA) is 90.2 Å². The Bertz CT molecular complexity index is 428. The van der Waals surface area contributed by atoms with E-state index in [2.05, 4.69) is 4.98 Å². The minimum atomic E-state index is -0.649. The lowest BCUT2D eigenvalue weighted by molar-refractivity contribution is -0.385. The second-order valence-corrected chi connectivity index (χ2v) is 2.92. The number of rotatable bonds is 4. The van der Waals surface area contributed by atoms with Gasteiger partial charge in [0.25, 0.3) is 5.69 Å². The first kappa shape index (κ1) is 11.0. The van der Waals surface area contributed by atoms with Crippen molar-refractivity contribution in [2.24, 2.45) is 0 Å². The smallest absolute Gasteiger partial charge is 0.291 e. The van der Waals surface area contributed by atoms with Gasteiger partial charge in [0.1, 0.15) is 6.20 Å². The van der Waals surface area contributed by atoms with Gasteiger partial charge in [0.05, 0.1) is 4.92 Å². The lowest BCUT2D eigenvalue weighted by Gasteiger charge is -1.99. The van der Waals surface area contributed by atoms with Crippen molar-refractivity contribution in [3.63, 3.8) is 0 Å². The van der Waals surface area contributed by atoms with Crippen LogP contribution in [0.25, 0.3) is 0 Å². The molecule has 0 aliphatic carbocycles. The summed E-state index contributed by atoms with van der Waals surface area (Å²) in [5, 5.41) is 10.5. The van der Waals surface area contributed by atoms with Gasteiger partial charge >= 0.3 is 0 Å². The maximum absolute atomic E-state index is 11.1. The van der Waals surface area contributed by atoms with E-state index in [9.17, 15) is 19.7 Å². The number of ketones is 2. The number of hydrogen-bond acceptors (Lipinski definition) is 5. The lowest BCUT2D eigenvalue weighted by Crippen LogP contribution is -2.13. The van der Waals surface area contributed by atoms with Crippen molar-refractivity contribution in [2.45, 2.75) is 13.3 Å². The highest BCUT2D eigenvalue weighted by molar-refractivity contribution is 6.36. The first-order valence-electron chi connectivity index (χ1n) is 4.13. The quantitative estimate of drug-likeness (QED) is 0.412. The van der Waals surface area contributed by atoms with Crippen LogP contribution in [0, 0.1) is 10.1 Å². The third-order valence-corrected chi connectivity index (χ3v) is 1.83. The molecule has 0 aliphatic heterocycles. The van der Waals surface area contributed by atoms with Crippen LogP contribution in [0.1, 0.15) is 12.5 Å². The van der Waals surface area contributed by atoms with E-state index in [1.54, 1.807) is 0 Å². The van der Waals surface area contributed by atoms with E-state index >= 15 is 0 Å². The normalized spacial score (nSPS) is 9.67. The van der Waals surface area contributed by atoms with Crippen molar-refractivity contribution in [3.8, 4) is 0 Å². The molecule has 0 saturated carbocycles. The standard InChI is InChI=1S/C9H8N2O4/c1-6(12)9(13)4-7-2-3-10-5-8(7)11(14)15/h2-3,5H,4H2,1H3. The second kappa shape index (κ2) is 4.41. The maximum Gasteiger partial charge on any atom is 0.291 e. The van der Waals surface area contributed by atoms with Crippen molar-refractivity contribution < 1.29 is 14.5 Å². The number of aromatic nitrogens is 1. The molecular formula is C9H8N2O4. The maximum atomic E-state index is 11.1. The zero-order chi connectivity index (χ0) is 11.4. The summed E-state index contributed by atoms with van der Waals surface area (Å²) in [5.41, 5.74) is -0.0395. The summed E-state index contributed by atoms with van der Waals surface area (Å²) in [6.45, 7) is 1.13. The Balaban J connectivity index is 2.99. The van der Waals surface area contributed by atoms with Gasteiger partial charge < -0.3 is 0 Å². The zero-order valence-corrected chi connectivity index (χ0v) is 7.97. The van der Waals surface area contributed by atoms with Gasteiger partial charge in [-0.3, -0.25) is 24.7 Å². The Morgan fingerprint density at radius 2 is 2.20 bits per heavy atom. The minimum absolute atomic E-state index is 0.204. The van der Waals surface area contributed by atoms with Crippen LogP contribution in [-0.4, -0.2) is 21.5 Å². The van der Waals surface area contributed by atoms with Crippen molar-refractivity contribution in [3.05, 3.63) is 34.1 Å². The molecular weight excluding hydrogens is 200 g/mol. The summed E-state index contributed by atoms with van der Waals surface area (Å²) >= 11 is 0. The largest absolute Gasteiger partial charge is 0.291 e. The van der Waals surface area contributed by atoms with Crippen molar-refractivity contribution in [1.29, 1.82) is 0 Å². The van der Waals surface area contributed by atoms with E-state index in [0.29, 0.717) is 0 Å². The van der Waals surface area contributed by atoms with E-state index in [0.717, 1.165) is 13.1 Å². The average molecular weight is 208 g/mol. The number of hydrogen-bond donors (Lipinski definition) is 0. The highest BCUT2D eigenvalue weighted by atomic mass is 16.6. The molecule has 0 aromatic carbocycles. The highest BCUT2D eigenvalue weighted by Gasteiger charge is 2.17. The second-order valence-electron chi connectivity index (χ2n) is 2.92. The van der Waals surface area contributed by atoms with Gasteiger partial charge in [-0.1, -0.05) is 0 Å². The van der Waals surface area contributed by atoms with Gasteiger partial charge in [-0.25, -0.2) is 0 Å². The molecule has 6 heteroatoms. The van der Waals surface area contributed by atoms with Gasteiger partial charge in [0, 0.05) is 25.1 Å². The molecule has 0 N–H and O–H groups in total. The van der Waals surface area contributed by atoms with Crippen molar-refractivity contribution in [2.75, 3.05) is 0 Å². The third kappa shape index (κ3) is 2.67. The fraction of sp³-hybridized carbons (Fsp3) is 0.222. The summed E-state index contributed by atoms with van der Waals surface area (Å²) in [6, 6.07) is 1.36. The molecule has 1 rings (SSSR count). The van der Waals surface area contributed by atoms with Gasteiger partial charge in [-0.05, 0) is 6.07 Å². The Morgan fingerprint density at radius 1 is 1.53 bits per heavy atom. The van der Waals surface area contributed by atoms with Crippen LogP contribution in [-0.2, 0) is 16.0 Å². The molecule has 1 aromatic heterocycles. The molecule has 1 heterocycles. The summed E-state index contributed by atoms with van der Waals surface area (Å²) in [7, 11) is 0. The van der Waals surface area contributed by atoms with E-state index in [1.807, 2.05) is 0 Å². The van der Waals surface area contributed by atoms with E-state index in [-0.39, 0.29) is 17.7 Å². The Morgan fingerprint density at radius 3 is 2.73 bits per heavy atom. The van der Waals surface area contributed by atoms with Crippen LogP contribution >= 0.6 is 0 Å². The Labute approximate surface area is 85.1 Å². The number of Topliss-reactive ketones (excluding diaryl/α,β-unsaturated/α-hetero) is 2. The van der Waals surface area contributed by atoms with Crippen LogP contribution < -0.4 is 0 Å². The van der Waals surface area contributed by atoms with Gasteiger partial charge in [0.15, 0.2) is 5.78 Å². The summed E-state index contributed by atoms with van der Waals surface area (Å²) < 4.78 is 0. The molecule has 15 heavy (non-hydrogen) atoms. The van der Waals surface area contributed by atoms with Crippen LogP contribution in [0.15, 0.2) is 18.5 Å². The predicted octanol–water partition coefficient (Wildman–Crippen LogP) is 0.690. The minimum Gasteiger partial charge on any atom is -0.291 e. The molecule has 0 fully saturated rings. The molecule has 0 spiro atoms. The molecule has 0 unspecified atom stereocenters. The first-order valence-corrected chi connectivity index (χ1v) is 4.13. The zero-order valence-electron chi connectivity index (χ0n) is 7.97.